The topological polar surface area (TPSA) is 95.0 Å². The van der Waals surface area contributed by atoms with Crippen LogP contribution in [0.1, 0.15) is 12.0 Å². The van der Waals surface area contributed by atoms with E-state index in [0.717, 1.165) is 22.0 Å². The number of hydrogen-bond donors (Lipinski definition) is 2. The van der Waals surface area contributed by atoms with Crippen LogP contribution in [0.5, 0.6) is 5.75 Å². The molecule has 1 fully saturated rings. The summed E-state index contributed by atoms with van der Waals surface area (Å²) < 4.78 is 6.22. The molecule has 1 saturated heterocycles. The van der Waals surface area contributed by atoms with Gasteiger partial charge in [0.05, 0.1) is 11.4 Å². The largest absolute Gasteiger partial charge is 0.489 e. The number of likely N-dealkylation sites (N-methyl/N-ethyl adjacent to an activating group) is 1. The summed E-state index contributed by atoms with van der Waals surface area (Å²) in [5.74, 6) is -0.785. The van der Waals surface area contributed by atoms with Gasteiger partial charge in [-0.15, -0.1) is 0 Å². The van der Waals surface area contributed by atoms with Crippen LogP contribution >= 0.6 is 0 Å². The van der Waals surface area contributed by atoms with E-state index in [4.69, 9.17) is 4.74 Å². The van der Waals surface area contributed by atoms with E-state index in [1.807, 2.05) is 72.6 Å². The maximum Gasteiger partial charge on any atom is 0.248 e. The summed E-state index contributed by atoms with van der Waals surface area (Å²) in [4.78, 5) is 34.2. The third-order valence-electron chi connectivity index (χ3n) is 6.82. The van der Waals surface area contributed by atoms with E-state index in [9.17, 15) is 14.8 Å². The van der Waals surface area contributed by atoms with Crippen molar-refractivity contribution in [1.82, 2.24) is 20.3 Å². The van der Waals surface area contributed by atoms with E-state index in [1.165, 1.54) is 0 Å². The Hall–Kier alpha value is -3.75. The lowest BCUT2D eigenvalue weighted by Crippen LogP contribution is -2.60. The minimum Gasteiger partial charge on any atom is -0.489 e. The summed E-state index contributed by atoms with van der Waals surface area (Å²) in [6, 6.07) is 18.8. The van der Waals surface area contributed by atoms with E-state index in [-0.39, 0.29) is 12.0 Å². The van der Waals surface area contributed by atoms with E-state index >= 15 is 0 Å². The SMILES string of the molecule is CN1C[C@@H](Oc2ccc3ncccc3c2)C[C@H](C(=O)NO)[C@H]1C(=O)N1CC=C(c2ccccc2)C1. The molecule has 2 aliphatic heterocycles. The standard InChI is InChI=1S/C27H28N4O4/c1-30-17-22(35-21-9-10-24-19(14-21)8-5-12-28-24)15-23(26(32)29-34)25(30)27(33)31-13-11-20(16-31)18-6-3-2-4-7-18/h2-12,14,22-23,25,34H,13,15-17H2,1H3,(H,29,32)/t22-,23-,25-/m0/s1. The smallest absolute Gasteiger partial charge is 0.248 e. The molecule has 0 aliphatic carbocycles. The van der Waals surface area contributed by atoms with Gasteiger partial charge in [-0.3, -0.25) is 24.7 Å². The molecule has 0 unspecified atom stereocenters. The Balaban J connectivity index is 1.30. The fourth-order valence-electron chi connectivity index (χ4n) is 5.10. The molecule has 0 bridgehead atoms. The lowest BCUT2D eigenvalue weighted by Gasteiger charge is -2.42. The first-order chi connectivity index (χ1) is 17.0. The molecule has 3 heterocycles. The summed E-state index contributed by atoms with van der Waals surface area (Å²) in [6.45, 7) is 1.46. The highest BCUT2D eigenvalue weighted by molar-refractivity contribution is 5.92. The first-order valence-corrected chi connectivity index (χ1v) is 11.7. The van der Waals surface area contributed by atoms with Gasteiger partial charge in [0.15, 0.2) is 0 Å². The molecule has 2 N–H and O–H groups in total. The zero-order chi connectivity index (χ0) is 24.4. The average Bonchev–Trinajstić information content (AvgIpc) is 3.38. The summed E-state index contributed by atoms with van der Waals surface area (Å²) in [5, 5.41) is 10.4. The van der Waals surface area contributed by atoms with Crippen molar-refractivity contribution in [3.63, 3.8) is 0 Å². The molecule has 0 spiro atoms. The van der Waals surface area contributed by atoms with Gasteiger partial charge in [-0.1, -0.05) is 42.5 Å². The second-order valence-corrected chi connectivity index (χ2v) is 9.11. The minimum absolute atomic E-state index is 0.126. The van der Waals surface area contributed by atoms with Crippen molar-refractivity contribution < 1.29 is 19.5 Å². The number of benzene rings is 2. The molecule has 3 aromatic rings. The Morgan fingerprint density at radius 3 is 2.74 bits per heavy atom. The molecular weight excluding hydrogens is 444 g/mol. The first-order valence-electron chi connectivity index (χ1n) is 11.7. The third-order valence-corrected chi connectivity index (χ3v) is 6.82. The summed E-state index contributed by atoms with van der Waals surface area (Å²) in [7, 11) is 1.82. The minimum atomic E-state index is -0.751. The van der Waals surface area contributed by atoms with Crippen molar-refractivity contribution in [2.24, 2.45) is 5.92 Å². The van der Waals surface area contributed by atoms with Crippen LogP contribution in [0.4, 0.5) is 0 Å². The van der Waals surface area contributed by atoms with Crippen LogP contribution in [-0.4, -0.2) is 70.6 Å². The van der Waals surface area contributed by atoms with Crippen molar-refractivity contribution in [3.8, 4) is 5.75 Å². The monoisotopic (exact) mass is 472 g/mol. The van der Waals surface area contributed by atoms with Crippen molar-refractivity contribution in [3.05, 3.63) is 78.5 Å². The van der Waals surface area contributed by atoms with Crippen LogP contribution < -0.4 is 10.2 Å². The normalized spacial score (nSPS) is 22.6. The second kappa shape index (κ2) is 9.85. The molecule has 180 valence electrons. The number of aromatic nitrogens is 1. The Labute approximate surface area is 203 Å². The first kappa shape index (κ1) is 23.0. The van der Waals surface area contributed by atoms with Gasteiger partial charge in [0.1, 0.15) is 17.9 Å². The predicted molar refractivity (Wildman–Crippen MR) is 132 cm³/mol. The summed E-state index contributed by atoms with van der Waals surface area (Å²) >= 11 is 0. The van der Waals surface area contributed by atoms with Crippen LogP contribution in [-0.2, 0) is 9.59 Å². The molecule has 2 aromatic carbocycles. The number of likely N-dealkylation sites (tertiary alicyclic amines) is 1. The number of hydrogen-bond acceptors (Lipinski definition) is 6. The van der Waals surface area contributed by atoms with Crippen LogP contribution in [0.3, 0.4) is 0 Å². The number of pyridine rings is 1. The highest BCUT2D eigenvalue weighted by atomic mass is 16.5. The van der Waals surface area contributed by atoms with Gasteiger partial charge in [0.25, 0.3) is 0 Å². The van der Waals surface area contributed by atoms with Crippen molar-refractivity contribution in [2.45, 2.75) is 18.6 Å². The Bertz CT molecular complexity index is 1260. The van der Waals surface area contributed by atoms with Gasteiger partial charge in [0, 0.05) is 31.2 Å². The zero-order valence-electron chi connectivity index (χ0n) is 19.5. The van der Waals surface area contributed by atoms with Gasteiger partial charge in [-0.2, -0.15) is 0 Å². The molecule has 3 atom stereocenters. The van der Waals surface area contributed by atoms with Crippen molar-refractivity contribution in [1.29, 1.82) is 0 Å². The number of ether oxygens (including phenoxy) is 1. The van der Waals surface area contributed by atoms with Crippen molar-refractivity contribution >= 4 is 28.3 Å². The Kier molecular flexibility index (Phi) is 6.48. The Morgan fingerprint density at radius 2 is 1.94 bits per heavy atom. The summed E-state index contributed by atoms with van der Waals surface area (Å²) in [6.07, 6.45) is 3.78. The number of rotatable bonds is 5. The maximum absolute atomic E-state index is 13.6. The van der Waals surface area contributed by atoms with Gasteiger partial charge in [-0.25, -0.2) is 5.48 Å². The number of fused-ring (bicyclic) bond motifs is 1. The van der Waals surface area contributed by atoms with E-state index < -0.39 is 17.9 Å². The van der Waals surface area contributed by atoms with Crippen LogP contribution in [0.25, 0.3) is 16.5 Å². The van der Waals surface area contributed by atoms with Crippen LogP contribution in [0.2, 0.25) is 0 Å². The molecule has 0 saturated carbocycles. The number of piperidine rings is 1. The average molecular weight is 473 g/mol. The number of carbonyl (C=O) groups excluding carboxylic acids is 2. The molecule has 2 amide bonds. The van der Waals surface area contributed by atoms with E-state index in [1.54, 1.807) is 16.6 Å². The maximum atomic E-state index is 13.6. The molecule has 35 heavy (non-hydrogen) atoms. The molecular formula is C27H28N4O4. The van der Waals surface area contributed by atoms with Gasteiger partial charge < -0.3 is 9.64 Å². The molecule has 1 aromatic heterocycles. The summed E-state index contributed by atoms with van der Waals surface area (Å²) in [5.41, 5.74) is 4.81. The number of amides is 2. The molecule has 2 aliphatic rings. The second-order valence-electron chi connectivity index (χ2n) is 9.11. The molecule has 8 nitrogen and oxygen atoms in total. The quantitative estimate of drug-likeness (QED) is 0.438. The number of nitrogens with one attached hydrogen (secondary N) is 1. The third kappa shape index (κ3) is 4.76. The van der Waals surface area contributed by atoms with Gasteiger partial charge in [-0.05, 0) is 48.9 Å². The number of carbonyl (C=O) groups is 2. The van der Waals surface area contributed by atoms with Crippen LogP contribution in [0, 0.1) is 5.92 Å². The zero-order valence-corrected chi connectivity index (χ0v) is 19.5. The molecule has 8 heteroatoms. The van der Waals surface area contributed by atoms with Crippen LogP contribution in [0.15, 0.2) is 72.9 Å². The van der Waals surface area contributed by atoms with E-state index in [2.05, 4.69) is 11.1 Å². The fourth-order valence-corrected chi connectivity index (χ4v) is 5.10. The van der Waals surface area contributed by atoms with E-state index in [0.29, 0.717) is 31.8 Å². The predicted octanol–water partition coefficient (Wildman–Crippen LogP) is 2.73. The highest BCUT2D eigenvalue weighted by Crippen LogP contribution is 2.30. The number of hydroxylamine groups is 1. The van der Waals surface area contributed by atoms with Gasteiger partial charge in [0.2, 0.25) is 11.8 Å². The lowest BCUT2D eigenvalue weighted by atomic mass is 9.86. The molecule has 0 radical (unpaired) electrons. The van der Waals surface area contributed by atoms with Crippen molar-refractivity contribution in [2.75, 3.05) is 26.7 Å². The lowest BCUT2D eigenvalue weighted by molar-refractivity contribution is -0.150. The molecule has 5 rings (SSSR count). The number of nitrogens with zero attached hydrogens (tertiary/aromatic N) is 3. The highest BCUT2D eigenvalue weighted by Gasteiger charge is 2.45. The Morgan fingerprint density at radius 1 is 1.11 bits per heavy atom. The fraction of sp³-hybridized carbons (Fsp3) is 0.296. The van der Waals surface area contributed by atoms with Gasteiger partial charge >= 0.3 is 0 Å².